The van der Waals surface area contributed by atoms with Crippen molar-refractivity contribution >= 4 is 29.8 Å². The minimum atomic E-state index is -0.605. The predicted octanol–water partition coefficient (Wildman–Crippen LogP) is 2.49. The molecule has 2 amide bonds. The monoisotopic (exact) mass is 511 g/mol. The highest BCUT2D eigenvalue weighted by atomic mass is 19.1. The summed E-state index contributed by atoms with van der Waals surface area (Å²) in [5.41, 5.74) is 1.24. The number of aliphatic hydroxyl groups is 1. The summed E-state index contributed by atoms with van der Waals surface area (Å²) in [7, 11) is 1.50. The standard InChI is InChI=1S/C25H26FN5O6/c1-17(7-10-35-2)36-15-20-13-30(25(34)37-20)19-4-5-21(22(26)11-19)18-3-6-23(27-12-18)29-8-9-31(28-16-29)24(33)14-32/h3-7,10-12,16,20,32H,1,8-9,13-15H2,2H3/b10-7-. The van der Waals surface area contributed by atoms with Gasteiger partial charge < -0.3 is 24.2 Å². The van der Waals surface area contributed by atoms with Gasteiger partial charge in [0.15, 0.2) is 6.10 Å². The van der Waals surface area contributed by atoms with Crippen LogP contribution in [-0.4, -0.2) is 79.5 Å². The smallest absolute Gasteiger partial charge is 0.414 e. The summed E-state index contributed by atoms with van der Waals surface area (Å²) >= 11 is 0. The average Bonchev–Trinajstić information content (AvgIpc) is 3.30. The Balaban J connectivity index is 1.39. The number of aromatic nitrogens is 1. The number of amides is 2. The van der Waals surface area contributed by atoms with Crippen molar-refractivity contribution in [3.05, 3.63) is 67.0 Å². The maximum absolute atomic E-state index is 15.0. The quantitative estimate of drug-likeness (QED) is 0.403. The average molecular weight is 512 g/mol. The fraction of sp³-hybridized carbons (Fsp3) is 0.280. The molecule has 0 aliphatic carbocycles. The molecular formula is C25H26FN5O6. The van der Waals surface area contributed by atoms with E-state index in [4.69, 9.17) is 19.3 Å². The van der Waals surface area contributed by atoms with Gasteiger partial charge in [-0.25, -0.2) is 19.2 Å². The van der Waals surface area contributed by atoms with E-state index >= 15 is 4.39 Å². The first-order valence-electron chi connectivity index (χ1n) is 11.4. The predicted molar refractivity (Wildman–Crippen MR) is 133 cm³/mol. The molecule has 12 heteroatoms. The number of hydrazone groups is 1. The van der Waals surface area contributed by atoms with E-state index in [1.807, 2.05) is 0 Å². The first kappa shape index (κ1) is 25.6. The van der Waals surface area contributed by atoms with Crippen molar-refractivity contribution in [1.29, 1.82) is 0 Å². The lowest BCUT2D eigenvalue weighted by Crippen LogP contribution is -2.41. The van der Waals surface area contributed by atoms with E-state index < -0.39 is 30.5 Å². The molecule has 2 aromatic rings. The van der Waals surface area contributed by atoms with Gasteiger partial charge in [0, 0.05) is 29.9 Å². The summed E-state index contributed by atoms with van der Waals surface area (Å²) in [6.07, 6.45) is 4.82. The van der Waals surface area contributed by atoms with Crippen molar-refractivity contribution in [2.24, 2.45) is 5.10 Å². The number of carbonyl (C=O) groups is 2. The van der Waals surface area contributed by atoms with Crippen molar-refractivity contribution in [2.75, 3.05) is 49.8 Å². The van der Waals surface area contributed by atoms with Gasteiger partial charge in [-0.2, -0.15) is 5.10 Å². The van der Waals surface area contributed by atoms with Crippen molar-refractivity contribution in [2.45, 2.75) is 6.10 Å². The molecule has 11 nitrogen and oxygen atoms in total. The van der Waals surface area contributed by atoms with Gasteiger partial charge in [0.25, 0.3) is 5.91 Å². The minimum absolute atomic E-state index is 0.102. The van der Waals surface area contributed by atoms with Crippen molar-refractivity contribution in [3.63, 3.8) is 0 Å². The van der Waals surface area contributed by atoms with Gasteiger partial charge in [0.05, 0.1) is 32.1 Å². The number of halogens is 1. The molecule has 4 rings (SSSR count). The number of ether oxygens (including phenoxy) is 3. The summed E-state index contributed by atoms with van der Waals surface area (Å²) in [5.74, 6) is -0.0624. The van der Waals surface area contributed by atoms with E-state index in [0.29, 0.717) is 41.5 Å². The molecule has 0 spiro atoms. The molecule has 0 saturated carbocycles. The maximum atomic E-state index is 15.0. The Hall–Kier alpha value is -4.45. The molecule has 0 bridgehead atoms. The number of allylic oxidation sites excluding steroid dienone is 1. The normalized spacial score (nSPS) is 17.3. The molecule has 0 radical (unpaired) electrons. The van der Waals surface area contributed by atoms with Crippen LogP contribution >= 0.6 is 0 Å². The van der Waals surface area contributed by atoms with Crippen LogP contribution in [0.5, 0.6) is 0 Å². The van der Waals surface area contributed by atoms with E-state index in [2.05, 4.69) is 16.7 Å². The van der Waals surface area contributed by atoms with Crippen molar-refractivity contribution in [3.8, 4) is 11.1 Å². The molecule has 1 aromatic heterocycles. The Morgan fingerprint density at radius 1 is 1.32 bits per heavy atom. The zero-order chi connectivity index (χ0) is 26.4. The van der Waals surface area contributed by atoms with Crippen LogP contribution in [0.3, 0.4) is 0 Å². The highest BCUT2D eigenvalue weighted by Crippen LogP contribution is 2.29. The molecule has 2 aliphatic heterocycles. The molecule has 1 aromatic carbocycles. The van der Waals surface area contributed by atoms with E-state index in [-0.39, 0.29) is 13.2 Å². The Bertz CT molecular complexity index is 1220. The highest BCUT2D eigenvalue weighted by molar-refractivity contribution is 5.90. The molecule has 1 atom stereocenters. The van der Waals surface area contributed by atoms with Crippen molar-refractivity contribution in [1.82, 2.24) is 9.99 Å². The Morgan fingerprint density at radius 3 is 2.81 bits per heavy atom. The minimum Gasteiger partial charge on any atom is -0.504 e. The van der Waals surface area contributed by atoms with Crippen LogP contribution < -0.4 is 9.80 Å². The van der Waals surface area contributed by atoms with Gasteiger partial charge in [-0.15, -0.1) is 0 Å². The molecule has 194 valence electrons. The summed E-state index contributed by atoms with van der Waals surface area (Å²) in [5, 5.41) is 14.1. The summed E-state index contributed by atoms with van der Waals surface area (Å²) in [4.78, 5) is 31.3. The number of carbonyl (C=O) groups excluding carboxylic acids is 2. The molecule has 1 unspecified atom stereocenters. The second-order valence-electron chi connectivity index (χ2n) is 8.10. The number of hydrogen-bond acceptors (Lipinski definition) is 9. The van der Waals surface area contributed by atoms with Gasteiger partial charge in [-0.05, 0) is 30.3 Å². The third-order valence-electron chi connectivity index (χ3n) is 5.64. The number of benzene rings is 1. The van der Waals surface area contributed by atoms with E-state index in [1.54, 1.807) is 35.2 Å². The number of hydrogen-bond donors (Lipinski definition) is 1. The van der Waals surface area contributed by atoms with Gasteiger partial charge in [0.2, 0.25) is 0 Å². The van der Waals surface area contributed by atoms with Crippen LogP contribution in [0.15, 0.2) is 66.3 Å². The fourth-order valence-corrected chi connectivity index (χ4v) is 3.72. The molecular weight excluding hydrogens is 485 g/mol. The summed E-state index contributed by atoms with van der Waals surface area (Å²) < 4.78 is 30.6. The number of aliphatic hydroxyl groups excluding tert-OH is 1. The van der Waals surface area contributed by atoms with Gasteiger partial charge in [-0.1, -0.05) is 6.58 Å². The van der Waals surface area contributed by atoms with E-state index in [9.17, 15) is 9.59 Å². The number of rotatable bonds is 9. The molecule has 1 N–H and O–H groups in total. The molecule has 1 saturated heterocycles. The molecule has 2 aliphatic rings. The summed E-state index contributed by atoms with van der Waals surface area (Å²) in [6.45, 7) is 4.17. The van der Waals surface area contributed by atoms with Crippen LogP contribution in [0.2, 0.25) is 0 Å². The number of pyridine rings is 1. The summed E-state index contributed by atoms with van der Waals surface area (Å²) in [6, 6.07) is 7.94. The van der Waals surface area contributed by atoms with Crippen LogP contribution in [0, 0.1) is 5.82 Å². The number of nitrogens with zero attached hydrogens (tertiary/aromatic N) is 5. The Kier molecular flexibility index (Phi) is 7.98. The first-order valence-corrected chi connectivity index (χ1v) is 11.4. The second kappa shape index (κ2) is 11.5. The highest BCUT2D eigenvalue weighted by Gasteiger charge is 2.33. The number of methoxy groups -OCH3 is 1. The maximum Gasteiger partial charge on any atom is 0.414 e. The van der Waals surface area contributed by atoms with Gasteiger partial charge in [0.1, 0.15) is 36.9 Å². The van der Waals surface area contributed by atoms with E-state index in [0.717, 1.165) is 0 Å². The lowest BCUT2D eigenvalue weighted by Gasteiger charge is -2.27. The zero-order valence-electron chi connectivity index (χ0n) is 20.1. The SMILES string of the molecule is C=C(/C=C\OC)OCC1CN(c2ccc(-c3ccc(N4C=NN(C(=O)CO)CC4)nc3)c(F)c2)C(=O)O1. The van der Waals surface area contributed by atoms with Gasteiger partial charge >= 0.3 is 6.09 Å². The topological polar surface area (TPSA) is 117 Å². The number of anilines is 2. The van der Waals surface area contributed by atoms with Crippen LogP contribution in [0.25, 0.3) is 11.1 Å². The van der Waals surface area contributed by atoms with Gasteiger partial charge in [-0.3, -0.25) is 9.69 Å². The third-order valence-corrected chi connectivity index (χ3v) is 5.64. The van der Waals surface area contributed by atoms with Crippen LogP contribution in [0.4, 0.5) is 20.7 Å². The second-order valence-corrected chi connectivity index (χ2v) is 8.10. The molecule has 3 heterocycles. The largest absolute Gasteiger partial charge is 0.504 e. The number of cyclic esters (lactones) is 1. The third kappa shape index (κ3) is 6.04. The Labute approximate surface area is 212 Å². The molecule has 1 fully saturated rings. The molecule has 37 heavy (non-hydrogen) atoms. The lowest BCUT2D eigenvalue weighted by atomic mass is 10.1. The van der Waals surface area contributed by atoms with Crippen LogP contribution in [0.1, 0.15) is 0 Å². The van der Waals surface area contributed by atoms with Crippen LogP contribution in [-0.2, 0) is 19.0 Å². The first-order chi connectivity index (χ1) is 17.9. The fourth-order valence-electron chi connectivity index (χ4n) is 3.72. The lowest BCUT2D eigenvalue weighted by molar-refractivity contribution is -0.134. The Morgan fingerprint density at radius 2 is 2.16 bits per heavy atom. The van der Waals surface area contributed by atoms with Crippen molar-refractivity contribution < 1.29 is 33.3 Å². The van der Waals surface area contributed by atoms with E-state index in [1.165, 1.54) is 41.9 Å². The zero-order valence-corrected chi connectivity index (χ0v) is 20.1.